The van der Waals surface area contributed by atoms with Crippen molar-refractivity contribution in [3.05, 3.63) is 66.0 Å². The molecule has 1 aliphatic heterocycles. The zero-order valence-corrected chi connectivity index (χ0v) is 15.2. The lowest BCUT2D eigenvalue weighted by molar-refractivity contribution is -0.141. The molecule has 2 aromatic carbocycles. The van der Waals surface area contributed by atoms with E-state index in [-0.39, 0.29) is 24.3 Å². The fourth-order valence-corrected chi connectivity index (χ4v) is 3.67. The average molecular weight is 363 g/mol. The Balaban J connectivity index is 1.63. The summed E-state index contributed by atoms with van der Waals surface area (Å²) >= 11 is 0. The van der Waals surface area contributed by atoms with E-state index in [0.717, 1.165) is 22.4 Å². The topological polar surface area (TPSA) is 64.4 Å². The van der Waals surface area contributed by atoms with E-state index in [0.29, 0.717) is 19.5 Å². The number of para-hydroxylation sites is 2. The predicted molar refractivity (Wildman–Crippen MR) is 101 cm³/mol. The first-order valence-corrected chi connectivity index (χ1v) is 8.99. The number of esters is 1. The van der Waals surface area contributed by atoms with Crippen molar-refractivity contribution >= 4 is 22.9 Å². The van der Waals surface area contributed by atoms with E-state index in [4.69, 9.17) is 9.72 Å². The Hall–Kier alpha value is -3.15. The molecule has 0 saturated carbocycles. The normalized spacial score (nSPS) is 16.9. The summed E-state index contributed by atoms with van der Waals surface area (Å²) in [5.74, 6) is 0.508. The highest BCUT2D eigenvalue weighted by Crippen LogP contribution is 2.31. The molecule has 0 spiro atoms. The minimum atomic E-state index is -0.329. The Morgan fingerprint density at radius 2 is 1.89 bits per heavy atom. The summed E-state index contributed by atoms with van der Waals surface area (Å²) in [5, 5.41) is 0. The molecule has 27 heavy (non-hydrogen) atoms. The van der Waals surface area contributed by atoms with Crippen molar-refractivity contribution < 1.29 is 14.3 Å². The zero-order valence-electron chi connectivity index (χ0n) is 15.2. The van der Waals surface area contributed by atoms with E-state index in [1.165, 1.54) is 7.11 Å². The molecule has 3 aromatic rings. The second-order valence-corrected chi connectivity index (χ2v) is 6.78. The van der Waals surface area contributed by atoms with Gasteiger partial charge in [0.15, 0.2) is 0 Å². The fraction of sp³-hybridized carbons (Fsp3) is 0.286. The number of hydrogen-bond acceptors (Lipinski definition) is 4. The van der Waals surface area contributed by atoms with E-state index in [1.807, 2.05) is 64.1 Å². The molecule has 138 valence electrons. The highest BCUT2D eigenvalue weighted by atomic mass is 16.5. The quantitative estimate of drug-likeness (QED) is 0.654. The number of carbonyl (C=O) groups is 2. The number of methoxy groups -OCH3 is 1. The first kappa shape index (κ1) is 17.3. The van der Waals surface area contributed by atoms with Crippen LogP contribution >= 0.6 is 0 Å². The average Bonchev–Trinajstić information content (AvgIpc) is 3.23. The molecule has 0 N–H and O–H groups in total. The van der Waals surface area contributed by atoms with Gasteiger partial charge >= 0.3 is 5.97 Å². The van der Waals surface area contributed by atoms with Crippen molar-refractivity contribution in [1.82, 2.24) is 14.5 Å². The van der Waals surface area contributed by atoms with Gasteiger partial charge in [0.25, 0.3) is 0 Å². The maximum absolute atomic E-state index is 12.6. The number of likely N-dealkylation sites (tertiary alicyclic amines) is 1. The van der Waals surface area contributed by atoms with Crippen LogP contribution in [0, 0.1) is 0 Å². The van der Waals surface area contributed by atoms with E-state index in [9.17, 15) is 9.59 Å². The number of amides is 1. The van der Waals surface area contributed by atoms with Crippen molar-refractivity contribution in [3.63, 3.8) is 0 Å². The van der Waals surface area contributed by atoms with Crippen LogP contribution in [0.15, 0.2) is 54.6 Å². The van der Waals surface area contributed by atoms with E-state index in [2.05, 4.69) is 0 Å². The van der Waals surface area contributed by atoms with Crippen molar-refractivity contribution in [1.29, 1.82) is 0 Å². The Kier molecular flexibility index (Phi) is 4.62. The highest BCUT2D eigenvalue weighted by Gasteiger charge is 2.34. The summed E-state index contributed by atoms with van der Waals surface area (Å²) in [7, 11) is 1.38. The van der Waals surface area contributed by atoms with Gasteiger partial charge in [-0.05, 0) is 17.7 Å². The van der Waals surface area contributed by atoms with Crippen LogP contribution in [0.4, 0.5) is 0 Å². The van der Waals surface area contributed by atoms with Crippen molar-refractivity contribution in [3.8, 4) is 0 Å². The molecule has 0 aliphatic carbocycles. The van der Waals surface area contributed by atoms with Crippen LogP contribution in [0.25, 0.3) is 11.0 Å². The van der Waals surface area contributed by atoms with Gasteiger partial charge in [-0.25, -0.2) is 4.98 Å². The maximum Gasteiger partial charge on any atom is 0.325 e. The van der Waals surface area contributed by atoms with Gasteiger partial charge in [0.2, 0.25) is 5.91 Å². The van der Waals surface area contributed by atoms with Gasteiger partial charge in [0.05, 0.1) is 18.1 Å². The Bertz CT molecular complexity index is 981. The van der Waals surface area contributed by atoms with Gasteiger partial charge in [-0.1, -0.05) is 42.5 Å². The number of nitrogens with zero attached hydrogens (tertiary/aromatic N) is 3. The smallest absolute Gasteiger partial charge is 0.325 e. The third kappa shape index (κ3) is 3.43. The standard InChI is InChI=1S/C21H21N3O3/c1-27-20(26)14-24-18-10-6-5-9-17(18)22-21(24)16-11-19(25)23(13-16)12-15-7-3-2-4-8-15/h2-10,16H,11-14H2,1H3/t16-/m1/s1. The van der Waals surface area contributed by atoms with Crippen LogP contribution in [0.3, 0.4) is 0 Å². The molecule has 1 aliphatic rings. The summed E-state index contributed by atoms with van der Waals surface area (Å²) in [4.78, 5) is 31.1. The van der Waals surface area contributed by atoms with Crippen molar-refractivity contribution in [2.24, 2.45) is 0 Å². The summed E-state index contributed by atoms with van der Waals surface area (Å²) in [5.41, 5.74) is 2.81. The molecule has 4 rings (SSSR count). The Morgan fingerprint density at radius 1 is 1.15 bits per heavy atom. The van der Waals surface area contributed by atoms with Crippen LogP contribution < -0.4 is 0 Å². The van der Waals surface area contributed by atoms with Gasteiger partial charge < -0.3 is 14.2 Å². The molecule has 2 heterocycles. The fourth-order valence-electron chi connectivity index (χ4n) is 3.67. The monoisotopic (exact) mass is 363 g/mol. The number of imidazole rings is 1. The summed E-state index contributed by atoms with van der Waals surface area (Å²) in [6, 6.07) is 17.7. The maximum atomic E-state index is 12.6. The lowest BCUT2D eigenvalue weighted by atomic mass is 10.1. The minimum Gasteiger partial charge on any atom is -0.468 e. The molecule has 1 aromatic heterocycles. The summed E-state index contributed by atoms with van der Waals surface area (Å²) in [6.07, 6.45) is 0.400. The summed E-state index contributed by atoms with van der Waals surface area (Å²) in [6.45, 7) is 1.28. The highest BCUT2D eigenvalue weighted by molar-refractivity contribution is 5.82. The third-order valence-corrected chi connectivity index (χ3v) is 4.99. The molecule has 1 amide bonds. The zero-order chi connectivity index (χ0) is 18.8. The largest absolute Gasteiger partial charge is 0.468 e. The van der Waals surface area contributed by atoms with Crippen LogP contribution in [0.1, 0.15) is 23.7 Å². The number of rotatable bonds is 5. The number of benzene rings is 2. The van der Waals surface area contributed by atoms with Gasteiger partial charge in [-0.3, -0.25) is 9.59 Å². The molecular formula is C21H21N3O3. The molecule has 6 nitrogen and oxygen atoms in total. The van der Waals surface area contributed by atoms with Gasteiger partial charge in [-0.2, -0.15) is 0 Å². The van der Waals surface area contributed by atoms with Gasteiger partial charge in [0, 0.05) is 25.4 Å². The first-order valence-electron chi connectivity index (χ1n) is 8.99. The van der Waals surface area contributed by atoms with Crippen molar-refractivity contribution in [2.75, 3.05) is 13.7 Å². The predicted octanol–water partition coefficient (Wildman–Crippen LogP) is 2.73. The Labute approximate surface area is 157 Å². The van der Waals surface area contributed by atoms with Crippen LogP contribution in [-0.2, 0) is 27.4 Å². The van der Waals surface area contributed by atoms with Crippen LogP contribution in [0.5, 0.6) is 0 Å². The van der Waals surface area contributed by atoms with E-state index >= 15 is 0 Å². The number of ether oxygens (including phenoxy) is 1. The lowest BCUT2D eigenvalue weighted by Gasteiger charge is -2.17. The molecule has 0 bridgehead atoms. The first-order chi connectivity index (χ1) is 13.2. The molecule has 1 fully saturated rings. The van der Waals surface area contributed by atoms with E-state index in [1.54, 1.807) is 0 Å². The lowest BCUT2D eigenvalue weighted by Crippen LogP contribution is -2.24. The van der Waals surface area contributed by atoms with E-state index < -0.39 is 0 Å². The number of aromatic nitrogens is 2. The number of hydrogen-bond donors (Lipinski definition) is 0. The van der Waals surface area contributed by atoms with Crippen LogP contribution in [0.2, 0.25) is 0 Å². The SMILES string of the molecule is COC(=O)Cn1c([C@@H]2CC(=O)N(Cc3ccccc3)C2)nc2ccccc21. The molecule has 6 heteroatoms. The second-order valence-electron chi connectivity index (χ2n) is 6.78. The molecule has 1 atom stereocenters. The second kappa shape index (κ2) is 7.23. The van der Waals surface area contributed by atoms with Crippen LogP contribution in [-0.4, -0.2) is 40.0 Å². The third-order valence-electron chi connectivity index (χ3n) is 4.99. The minimum absolute atomic E-state index is 0.0433. The molecule has 0 radical (unpaired) electrons. The van der Waals surface area contributed by atoms with Crippen molar-refractivity contribution in [2.45, 2.75) is 25.4 Å². The molecule has 0 unspecified atom stereocenters. The van der Waals surface area contributed by atoms with Gasteiger partial charge in [0.1, 0.15) is 12.4 Å². The van der Waals surface area contributed by atoms with Gasteiger partial charge in [-0.15, -0.1) is 0 Å². The molecular weight excluding hydrogens is 342 g/mol. The number of carbonyl (C=O) groups excluding carboxylic acids is 2. The molecule has 1 saturated heterocycles. The number of fused-ring (bicyclic) bond motifs is 1. The Morgan fingerprint density at radius 3 is 2.67 bits per heavy atom. The summed E-state index contributed by atoms with van der Waals surface area (Å²) < 4.78 is 6.73.